The molecule has 0 amide bonds. The van der Waals surface area contributed by atoms with Gasteiger partial charge in [-0.05, 0) is 29.8 Å². The average molecular weight is 393 g/mol. The van der Waals surface area contributed by atoms with E-state index in [-0.39, 0.29) is 16.8 Å². The molecule has 6 nitrogen and oxygen atoms in total. The van der Waals surface area contributed by atoms with Crippen LogP contribution in [-0.2, 0) is 10.0 Å². The molecule has 138 valence electrons. The monoisotopic (exact) mass is 393 g/mol. The van der Waals surface area contributed by atoms with Gasteiger partial charge in [0.05, 0.1) is 17.2 Å². The van der Waals surface area contributed by atoms with Crippen molar-refractivity contribution in [2.24, 2.45) is 5.14 Å². The van der Waals surface area contributed by atoms with Crippen LogP contribution >= 0.6 is 0 Å². The second-order valence-corrected chi connectivity index (χ2v) is 6.98. The lowest BCUT2D eigenvalue weighted by Crippen LogP contribution is -2.14. The quantitative estimate of drug-likeness (QED) is 0.728. The van der Waals surface area contributed by atoms with Crippen molar-refractivity contribution < 1.29 is 26.1 Å². The lowest BCUT2D eigenvalue weighted by atomic mass is 9.98. The van der Waals surface area contributed by atoms with Crippen LogP contribution in [0.2, 0.25) is 0 Å². The number of hydrogen-bond acceptors (Lipinski definition) is 5. The van der Waals surface area contributed by atoms with Gasteiger partial charge in [0.1, 0.15) is 16.4 Å². The Kier molecular flexibility index (Phi) is 4.73. The van der Waals surface area contributed by atoms with Gasteiger partial charge in [-0.1, -0.05) is 23.4 Å². The Morgan fingerprint density at radius 1 is 1.11 bits per heavy atom. The van der Waals surface area contributed by atoms with Crippen LogP contribution in [0.3, 0.4) is 0 Å². The number of nitrogens with two attached hydrogens (primary N) is 1. The predicted octanol–water partition coefficient (Wildman–Crippen LogP) is 3.60. The van der Waals surface area contributed by atoms with Crippen molar-refractivity contribution >= 4 is 10.0 Å². The molecule has 1 heterocycles. The van der Waals surface area contributed by atoms with E-state index in [0.29, 0.717) is 11.1 Å². The van der Waals surface area contributed by atoms with Crippen LogP contribution in [0.4, 0.5) is 13.2 Å². The van der Waals surface area contributed by atoms with Crippen LogP contribution in [0, 0.1) is 17.1 Å². The highest BCUT2D eigenvalue weighted by Crippen LogP contribution is 2.39. The molecule has 3 aromatic rings. The maximum absolute atomic E-state index is 14.2. The third kappa shape index (κ3) is 3.55. The molecule has 2 N–H and O–H groups in total. The van der Waals surface area contributed by atoms with Crippen molar-refractivity contribution in [3.63, 3.8) is 0 Å². The maximum Gasteiger partial charge on any atom is 0.298 e. The zero-order valence-corrected chi connectivity index (χ0v) is 14.2. The third-order valence-electron chi connectivity index (χ3n) is 3.73. The zero-order valence-electron chi connectivity index (χ0n) is 13.4. The minimum Gasteiger partial charge on any atom is -0.354 e. The Morgan fingerprint density at radius 2 is 1.74 bits per heavy atom. The number of halogens is 3. The molecule has 0 radical (unpaired) electrons. The van der Waals surface area contributed by atoms with Crippen molar-refractivity contribution in [2.75, 3.05) is 0 Å². The minimum absolute atomic E-state index is 0.00227. The second-order valence-electron chi connectivity index (χ2n) is 5.45. The minimum atomic E-state index is -4.31. The summed E-state index contributed by atoms with van der Waals surface area (Å²) in [6.07, 6.45) is -3.04. The van der Waals surface area contributed by atoms with Gasteiger partial charge in [0, 0.05) is 5.56 Å². The first-order valence-electron chi connectivity index (χ1n) is 7.33. The number of sulfonamides is 1. The summed E-state index contributed by atoms with van der Waals surface area (Å²) in [7, 11) is -4.31. The Balaban J connectivity index is 2.21. The van der Waals surface area contributed by atoms with E-state index in [4.69, 9.17) is 14.9 Å². The molecule has 3 rings (SSSR count). The molecular weight excluding hydrogens is 383 g/mol. The molecular formula is C17H10F3N3O3S. The smallest absolute Gasteiger partial charge is 0.298 e. The molecule has 2 aromatic carbocycles. The molecule has 0 bridgehead atoms. The highest BCUT2D eigenvalue weighted by molar-refractivity contribution is 7.89. The number of rotatable bonds is 4. The van der Waals surface area contributed by atoms with Crippen LogP contribution in [-0.4, -0.2) is 13.6 Å². The average Bonchev–Trinajstić information content (AvgIpc) is 3.06. The van der Waals surface area contributed by atoms with E-state index in [2.05, 4.69) is 5.16 Å². The summed E-state index contributed by atoms with van der Waals surface area (Å²) >= 11 is 0. The van der Waals surface area contributed by atoms with Gasteiger partial charge >= 0.3 is 0 Å². The van der Waals surface area contributed by atoms with Gasteiger partial charge in [-0.25, -0.2) is 26.7 Å². The summed E-state index contributed by atoms with van der Waals surface area (Å²) in [5, 5.41) is 17.4. The lowest BCUT2D eigenvalue weighted by Gasteiger charge is -2.07. The van der Waals surface area contributed by atoms with E-state index in [1.165, 1.54) is 24.3 Å². The molecule has 0 atom stereocenters. The highest BCUT2D eigenvalue weighted by Gasteiger charge is 2.27. The van der Waals surface area contributed by atoms with E-state index < -0.39 is 32.9 Å². The fourth-order valence-electron chi connectivity index (χ4n) is 2.52. The first-order chi connectivity index (χ1) is 12.7. The molecule has 0 saturated heterocycles. The normalized spacial score (nSPS) is 11.6. The highest BCUT2D eigenvalue weighted by atomic mass is 32.2. The molecule has 10 heteroatoms. The van der Waals surface area contributed by atoms with E-state index in [1.807, 2.05) is 6.07 Å². The summed E-state index contributed by atoms with van der Waals surface area (Å²) in [6.45, 7) is 0. The lowest BCUT2D eigenvalue weighted by molar-refractivity contribution is 0.113. The molecule has 0 fully saturated rings. The number of alkyl halides is 2. The van der Waals surface area contributed by atoms with E-state index in [9.17, 15) is 21.6 Å². The van der Waals surface area contributed by atoms with Crippen molar-refractivity contribution in [2.45, 2.75) is 11.3 Å². The Hall–Kier alpha value is -3.16. The second kappa shape index (κ2) is 6.86. The standard InChI is InChI=1S/C17H10F3N3O3S/c18-12-7-11(5-6-13(12)27(22,24)25)14-15(23-26-16(14)17(19)20)10-3-1-9(8-21)2-4-10/h1-7,17H,(H2,22,24,25). The Labute approximate surface area is 151 Å². The van der Waals surface area contributed by atoms with Gasteiger partial charge in [-0.2, -0.15) is 5.26 Å². The van der Waals surface area contributed by atoms with Crippen molar-refractivity contribution in [3.05, 3.63) is 59.6 Å². The first kappa shape index (κ1) is 18.6. The number of nitrogens with zero attached hydrogens (tertiary/aromatic N) is 2. The van der Waals surface area contributed by atoms with E-state index in [0.717, 1.165) is 18.2 Å². The Morgan fingerprint density at radius 3 is 2.26 bits per heavy atom. The van der Waals surface area contributed by atoms with Crippen molar-refractivity contribution in [1.29, 1.82) is 5.26 Å². The molecule has 0 aliphatic carbocycles. The summed E-state index contributed by atoms with van der Waals surface area (Å²) in [6, 6.07) is 10.6. The van der Waals surface area contributed by atoms with Gasteiger partial charge < -0.3 is 4.52 Å². The van der Waals surface area contributed by atoms with Gasteiger partial charge in [-0.15, -0.1) is 0 Å². The summed E-state index contributed by atoms with van der Waals surface area (Å²) in [4.78, 5) is -0.763. The number of primary sulfonamides is 1. The Bertz CT molecular complexity index is 1150. The fourth-order valence-corrected chi connectivity index (χ4v) is 3.11. The van der Waals surface area contributed by atoms with Crippen molar-refractivity contribution in [3.8, 4) is 28.5 Å². The molecule has 0 spiro atoms. The van der Waals surface area contributed by atoms with E-state index >= 15 is 0 Å². The summed E-state index contributed by atoms with van der Waals surface area (Å²) in [5.41, 5.74) is 0.458. The largest absolute Gasteiger partial charge is 0.354 e. The number of nitriles is 1. The molecule has 27 heavy (non-hydrogen) atoms. The van der Waals surface area contributed by atoms with Crippen LogP contribution in [0.5, 0.6) is 0 Å². The van der Waals surface area contributed by atoms with E-state index in [1.54, 1.807) is 0 Å². The van der Waals surface area contributed by atoms with Crippen molar-refractivity contribution in [1.82, 2.24) is 5.16 Å². The van der Waals surface area contributed by atoms with Crippen LogP contribution in [0.15, 0.2) is 51.9 Å². The molecule has 0 saturated carbocycles. The van der Waals surface area contributed by atoms with Gasteiger partial charge in [0.15, 0.2) is 0 Å². The summed E-state index contributed by atoms with van der Waals surface area (Å²) in [5.74, 6) is -1.99. The van der Waals surface area contributed by atoms with Gasteiger partial charge in [0.2, 0.25) is 15.8 Å². The number of benzene rings is 2. The number of aromatic nitrogens is 1. The van der Waals surface area contributed by atoms with Gasteiger partial charge in [-0.3, -0.25) is 0 Å². The predicted molar refractivity (Wildman–Crippen MR) is 88.4 cm³/mol. The maximum atomic E-state index is 14.2. The molecule has 0 aliphatic heterocycles. The first-order valence-corrected chi connectivity index (χ1v) is 8.88. The van der Waals surface area contributed by atoms with Gasteiger partial charge in [0.25, 0.3) is 6.43 Å². The summed E-state index contributed by atoms with van der Waals surface area (Å²) < 4.78 is 68.3. The third-order valence-corrected chi connectivity index (χ3v) is 4.68. The molecule has 1 aromatic heterocycles. The van der Waals surface area contributed by atoms with Crippen LogP contribution < -0.4 is 5.14 Å². The van der Waals surface area contributed by atoms with Crippen LogP contribution in [0.25, 0.3) is 22.4 Å². The SMILES string of the molecule is N#Cc1ccc(-c2noc(C(F)F)c2-c2ccc(S(N)(=O)=O)c(F)c2)cc1. The number of hydrogen-bond donors (Lipinski definition) is 1. The van der Waals surface area contributed by atoms with Crippen LogP contribution in [0.1, 0.15) is 17.7 Å². The molecule has 0 aliphatic rings. The topological polar surface area (TPSA) is 110 Å². The zero-order chi connectivity index (χ0) is 19.8. The molecule has 0 unspecified atom stereocenters. The fraction of sp³-hybridized carbons (Fsp3) is 0.0588.